The second kappa shape index (κ2) is 12.6. The van der Waals surface area contributed by atoms with Crippen LogP contribution in [0.25, 0.3) is 0 Å². The van der Waals surface area contributed by atoms with Crippen LogP contribution >= 0.6 is 0 Å². The molecule has 2 fully saturated rings. The molecule has 2 heterocycles. The van der Waals surface area contributed by atoms with Crippen molar-refractivity contribution in [2.45, 2.75) is 55.3 Å². The summed E-state index contributed by atoms with van der Waals surface area (Å²) in [6.45, 7) is -0.834. The Morgan fingerprint density at radius 3 is 2.22 bits per heavy atom. The number of hydrogen-bond donors (Lipinski definition) is 8. The fourth-order valence-corrected chi connectivity index (χ4v) is 4.25. The molecule has 4 rings (SSSR count). The second-order valence-electron chi connectivity index (χ2n) is 9.44. The smallest absolute Gasteiger partial charge is 0.237 e. The quantitative estimate of drug-likeness (QED) is 0.116. The minimum atomic E-state index is -1.78. The van der Waals surface area contributed by atoms with Gasteiger partial charge in [0.05, 0.1) is 25.9 Å². The molecule has 8 N–H and O–H groups in total. The number of Topliss-reactive ketones (excluding diaryl/α,β-unsaturated/α-hetero) is 2. The van der Waals surface area contributed by atoms with Crippen molar-refractivity contribution in [2.75, 3.05) is 20.3 Å². The van der Waals surface area contributed by atoms with Gasteiger partial charge in [-0.15, -0.1) is 0 Å². The van der Waals surface area contributed by atoms with Gasteiger partial charge < -0.3 is 64.5 Å². The third kappa shape index (κ3) is 6.43. The maximum Gasteiger partial charge on any atom is 0.237 e. The van der Waals surface area contributed by atoms with Crippen LogP contribution < -0.4 is 9.47 Å². The summed E-state index contributed by atoms with van der Waals surface area (Å²) in [5.74, 6) is -3.13. The molecule has 0 radical (unpaired) electrons. The molecular formula is C26H30O15. The summed E-state index contributed by atoms with van der Waals surface area (Å²) in [6.07, 6.45) is -14.0. The Morgan fingerprint density at radius 1 is 0.829 bits per heavy atom. The van der Waals surface area contributed by atoms with Gasteiger partial charge in [0, 0.05) is 11.6 Å². The molecule has 2 aliphatic heterocycles. The Labute approximate surface area is 232 Å². The Hall–Kier alpha value is -3.38. The number of carbonyl (C=O) groups is 2. The van der Waals surface area contributed by atoms with Crippen LogP contribution in [0.15, 0.2) is 36.4 Å². The highest BCUT2D eigenvalue weighted by atomic mass is 16.7. The predicted octanol–water partition coefficient (Wildman–Crippen LogP) is -2.19. The first-order chi connectivity index (χ1) is 19.4. The molecule has 2 aliphatic rings. The van der Waals surface area contributed by atoms with Gasteiger partial charge in [0.25, 0.3) is 0 Å². The van der Waals surface area contributed by atoms with E-state index in [0.29, 0.717) is 0 Å². The van der Waals surface area contributed by atoms with Crippen LogP contribution in [0, 0.1) is 0 Å². The van der Waals surface area contributed by atoms with Gasteiger partial charge in [-0.05, 0) is 30.3 Å². The third-order valence-corrected chi connectivity index (χ3v) is 6.66. The van der Waals surface area contributed by atoms with Gasteiger partial charge in [-0.1, -0.05) is 0 Å². The zero-order chi connectivity index (χ0) is 30.0. The Balaban J connectivity index is 1.42. The highest BCUT2D eigenvalue weighted by molar-refractivity contribution is 6.49. The van der Waals surface area contributed by atoms with Gasteiger partial charge in [0.15, 0.2) is 17.8 Å². The number of carbonyl (C=O) groups excluding carboxylic acids is 2. The number of ether oxygens (including phenoxy) is 5. The minimum absolute atomic E-state index is 0.0301. The highest BCUT2D eigenvalue weighted by Crippen LogP contribution is 2.31. The summed E-state index contributed by atoms with van der Waals surface area (Å²) >= 11 is 0. The summed E-state index contributed by atoms with van der Waals surface area (Å²) in [7, 11) is 1.27. The molecule has 15 heteroatoms. The van der Waals surface area contributed by atoms with Gasteiger partial charge in [-0.25, -0.2) is 0 Å². The molecule has 2 saturated heterocycles. The first-order valence-corrected chi connectivity index (χ1v) is 12.4. The van der Waals surface area contributed by atoms with E-state index < -0.39 is 79.2 Å². The fourth-order valence-electron chi connectivity index (χ4n) is 4.25. The first-order valence-electron chi connectivity index (χ1n) is 12.4. The number of phenolic OH excluding ortho intramolecular Hbond substituents is 2. The molecule has 2 aromatic rings. The van der Waals surface area contributed by atoms with E-state index in [-0.39, 0.29) is 35.0 Å². The normalized spacial score (nSPS) is 31.8. The SMILES string of the molecule is COc1cc(C(=O)C(=O)c2ccc(O[C@@H]3O[C@H](CO[C@@H]4OC[C@@H](O)[C@H](O)[C@H]4O)[C@@H](O)[C@H](O)[C@H]3O)cc2O)ccc1O. The van der Waals surface area contributed by atoms with Crippen molar-refractivity contribution in [3.8, 4) is 23.0 Å². The number of aliphatic hydroxyl groups is 6. The predicted molar refractivity (Wildman–Crippen MR) is 132 cm³/mol. The summed E-state index contributed by atoms with van der Waals surface area (Å²) in [6, 6.07) is 6.79. The van der Waals surface area contributed by atoms with Crippen molar-refractivity contribution >= 4 is 11.6 Å². The molecule has 9 atom stereocenters. The molecule has 0 aromatic heterocycles. The number of benzene rings is 2. The summed E-state index contributed by atoms with van der Waals surface area (Å²) < 4.78 is 26.4. The molecule has 41 heavy (non-hydrogen) atoms. The average Bonchev–Trinajstić information content (AvgIpc) is 2.96. The van der Waals surface area contributed by atoms with Crippen molar-refractivity contribution in [1.29, 1.82) is 0 Å². The molecule has 0 aliphatic carbocycles. The van der Waals surface area contributed by atoms with Crippen LogP contribution in [0.1, 0.15) is 20.7 Å². The van der Waals surface area contributed by atoms with Crippen molar-refractivity contribution in [1.82, 2.24) is 0 Å². The van der Waals surface area contributed by atoms with E-state index in [0.717, 1.165) is 12.1 Å². The average molecular weight is 583 g/mol. The van der Waals surface area contributed by atoms with E-state index in [2.05, 4.69) is 0 Å². The van der Waals surface area contributed by atoms with Crippen molar-refractivity contribution < 1.29 is 74.1 Å². The number of methoxy groups -OCH3 is 1. The van der Waals surface area contributed by atoms with Crippen molar-refractivity contribution in [3.05, 3.63) is 47.5 Å². The van der Waals surface area contributed by atoms with E-state index in [4.69, 9.17) is 23.7 Å². The lowest BCUT2D eigenvalue weighted by Crippen LogP contribution is -2.61. The van der Waals surface area contributed by atoms with E-state index in [9.17, 15) is 50.4 Å². The molecule has 0 unspecified atom stereocenters. The topological polar surface area (TPSA) is 242 Å². The molecule has 0 bridgehead atoms. The van der Waals surface area contributed by atoms with Gasteiger partial charge in [-0.2, -0.15) is 0 Å². The lowest BCUT2D eigenvalue weighted by molar-refractivity contribution is -0.307. The Morgan fingerprint density at radius 2 is 1.54 bits per heavy atom. The number of aliphatic hydroxyl groups excluding tert-OH is 6. The van der Waals surface area contributed by atoms with Gasteiger partial charge in [0.2, 0.25) is 17.9 Å². The van der Waals surface area contributed by atoms with Gasteiger partial charge in [0.1, 0.15) is 54.2 Å². The number of ketones is 2. The first kappa shape index (κ1) is 30.6. The van der Waals surface area contributed by atoms with Gasteiger partial charge in [-0.3, -0.25) is 9.59 Å². The lowest BCUT2D eigenvalue weighted by atomic mass is 9.99. The lowest BCUT2D eigenvalue weighted by Gasteiger charge is -2.41. The zero-order valence-corrected chi connectivity index (χ0v) is 21.5. The number of aromatic hydroxyl groups is 2. The number of hydrogen-bond acceptors (Lipinski definition) is 15. The van der Waals surface area contributed by atoms with Crippen LogP contribution in [-0.2, 0) is 14.2 Å². The van der Waals surface area contributed by atoms with Crippen LogP contribution in [0.4, 0.5) is 0 Å². The molecule has 0 amide bonds. The van der Waals surface area contributed by atoms with Crippen LogP contribution in [0.5, 0.6) is 23.0 Å². The van der Waals surface area contributed by atoms with E-state index >= 15 is 0 Å². The monoisotopic (exact) mass is 582 g/mol. The highest BCUT2D eigenvalue weighted by Gasteiger charge is 2.46. The largest absolute Gasteiger partial charge is 0.507 e. The van der Waals surface area contributed by atoms with E-state index in [1.807, 2.05) is 0 Å². The molecule has 0 saturated carbocycles. The molecule has 0 spiro atoms. The fraction of sp³-hybridized carbons (Fsp3) is 0.462. The third-order valence-electron chi connectivity index (χ3n) is 6.66. The zero-order valence-electron chi connectivity index (χ0n) is 21.5. The number of rotatable bonds is 9. The Kier molecular flexibility index (Phi) is 9.43. The summed E-state index contributed by atoms with van der Waals surface area (Å²) in [4.78, 5) is 25.4. The summed E-state index contributed by atoms with van der Waals surface area (Å²) in [5, 5.41) is 80.4. The maximum absolute atomic E-state index is 12.7. The Bertz CT molecular complexity index is 1250. The maximum atomic E-state index is 12.7. The molecule has 224 valence electrons. The molecule has 2 aromatic carbocycles. The standard InChI is InChI=1S/C26H30O15/c1-37-16-6-10(2-5-13(16)27)18(30)19(31)12-4-3-11(7-14(12)28)40-26-24(36)22(34)21(33)17(41-26)9-39-25-23(35)20(32)15(29)8-38-25/h2-7,15,17,20-29,32-36H,8-9H2,1H3/t15-,17-,20+,21-,22+,23-,24-,25+,26-/m1/s1. The minimum Gasteiger partial charge on any atom is -0.507 e. The van der Waals surface area contributed by atoms with Gasteiger partial charge >= 0.3 is 0 Å². The molecule has 15 nitrogen and oxygen atoms in total. The molecular weight excluding hydrogens is 552 g/mol. The van der Waals surface area contributed by atoms with Crippen LogP contribution in [-0.4, -0.2) is 128 Å². The summed E-state index contributed by atoms with van der Waals surface area (Å²) in [5.41, 5.74) is -0.472. The van der Waals surface area contributed by atoms with E-state index in [1.54, 1.807) is 0 Å². The van der Waals surface area contributed by atoms with Crippen LogP contribution in [0.2, 0.25) is 0 Å². The van der Waals surface area contributed by atoms with Crippen LogP contribution in [0.3, 0.4) is 0 Å². The van der Waals surface area contributed by atoms with Crippen molar-refractivity contribution in [2.24, 2.45) is 0 Å². The number of phenols is 2. The van der Waals surface area contributed by atoms with Crippen molar-refractivity contribution in [3.63, 3.8) is 0 Å². The second-order valence-corrected chi connectivity index (χ2v) is 9.44. The van der Waals surface area contributed by atoms with E-state index in [1.165, 1.54) is 31.4 Å².